The average Bonchev–Trinajstić information content (AvgIpc) is 2.15. The van der Waals surface area contributed by atoms with Gasteiger partial charge in [-0.05, 0) is 17.7 Å². The summed E-state index contributed by atoms with van der Waals surface area (Å²) in [4.78, 5) is 0. The zero-order valence-corrected chi connectivity index (χ0v) is 7.08. The van der Waals surface area contributed by atoms with Crippen molar-refractivity contribution in [3.8, 4) is 5.75 Å². The number of ether oxygens (including phenoxy) is 1. The lowest BCUT2D eigenvalue weighted by molar-refractivity contribution is 0.415. The molecule has 0 aromatic heterocycles. The lowest BCUT2D eigenvalue weighted by atomic mass is 10.2. The molecule has 0 amide bonds. The topological polar surface area (TPSA) is 33.0 Å². The Bertz CT molecular complexity index is 251. The standard InChI is InChI=1S/C10H12NO/c1-12-10-6-4-9(5-7-10)3-2-8-11/h2-7,11H,8H2,1H3/b3-2+. The molecule has 0 aliphatic rings. The summed E-state index contributed by atoms with van der Waals surface area (Å²) in [5.74, 6) is 0.859. The van der Waals surface area contributed by atoms with Gasteiger partial charge in [-0.2, -0.15) is 0 Å². The summed E-state index contributed by atoms with van der Waals surface area (Å²) in [6.07, 6.45) is 3.73. The highest BCUT2D eigenvalue weighted by Crippen LogP contribution is 2.11. The van der Waals surface area contributed by atoms with Crippen LogP contribution in [0.2, 0.25) is 0 Å². The molecule has 0 saturated heterocycles. The first-order valence-electron chi connectivity index (χ1n) is 3.82. The molecule has 0 bridgehead atoms. The van der Waals surface area contributed by atoms with Crippen LogP contribution in [0.3, 0.4) is 0 Å². The molecule has 2 heteroatoms. The summed E-state index contributed by atoms with van der Waals surface area (Å²) in [6, 6.07) is 7.74. The van der Waals surface area contributed by atoms with Crippen LogP contribution in [0.15, 0.2) is 30.3 Å². The predicted molar refractivity (Wildman–Crippen MR) is 50.0 cm³/mol. The molecule has 0 aliphatic carbocycles. The van der Waals surface area contributed by atoms with E-state index >= 15 is 0 Å². The Hall–Kier alpha value is -1.28. The molecule has 1 N–H and O–H groups in total. The van der Waals surface area contributed by atoms with Gasteiger partial charge in [-0.15, -0.1) is 0 Å². The molecule has 63 valence electrons. The largest absolute Gasteiger partial charge is 0.497 e. The molecule has 0 unspecified atom stereocenters. The molecule has 12 heavy (non-hydrogen) atoms. The maximum Gasteiger partial charge on any atom is 0.118 e. The van der Waals surface area contributed by atoms with Crippen molar-refractivity contribution >= 4 is 6.08 Å². The third-order valence-corrected chi connectivity index (χ3v) is 1.54. The van der Waals surface area contributed by atoms with Crippen LogP contribution in [0.5, 0.6) is 5.75 Å². The predicted octanol–water partition coefficient (Wildman–Crippen LogP) is 1.99. The zero-order valence-electron chi connectivity index (χ0n) is 7.08. The summed E-state index contributed by atoms with van der Waals surface area (Å²) in [6.45, 7) is 0.325. The van der Waals surface area contributed by atoms with E-state index in [2.05, 4.69) is 0 Å². The summed E-state index contributed by atoms with van der Waals surface area (Å²) in [5, 5.41) is 0. The second-order valence-electron chi connectivity index (χ2n) is 2.38. The second kappa shape index (κ2) is 4.57. The molecule has 2 nitrogen and oxygen atoms in total. The molecular weight excluding hydrogens is 150 g/mol. The average molecular weight is 162 g/mol. The molecule has 0 spiro atoms. The van der Waals surface area contributed by atoms with E-state index in [1.165, 1.54) is 0 Å². The van der Waals surface area contributed by atoms with Crippen molar-refractivity contribution < 1.29 is 4.74 Å². The highest BCUT2D eigenvalue weighted by Gasteiger charge is 1.88. The van der Waals surface area contributed by atoms with Crippen molar-refractivity contribution in [3.63, 3.8) is 0 Å². The molecule has 1 rings (SSSR count). The minimum Gasteiger partial charge on any atom is -0.497 e. The lowest BCUT2D eigenvalue weighted by Gasteiger charge is -1.98. The van der Waals surface area contributed by atoms with Gasteiger partial charge in [0.1, 0.15) is 5.75 Å². The number of benzene rings is 1. The summed E-state index contributed by atoms with van der Waals surface area (Å²) < 4.78 is 5.01. The molecule has 0 saturated carbocycles. The van der Waals surface area contributed by atoms with Gasteiger partial charge < -0.3 is 4.74 Å². The van der Waals surface area contributed by atoms with Crippen LogP contribution in [-0.4, -0.2) is 13.7 Å². The van der Waals surface area contributed by atoms with Gasteiger partial charge in [0.15, 0.2) is 0 Å². The Labute approximate surface area is 72.7 Å². The molecule has 1 aromatic rings. The fraction of sp³-hybridized carbons (Fsp3) is 0.200. The molecule has 1 aromatic carbocycles. The molecule has 0 atom stereocenters. The first-order valence-corrected chi connectivity index (χ1v) is 3.82. The van der Waals surface area contributed by atoms with E-state index in [0.717, 1.165) is 11.3 Å². The van der Waals surface area contributed by atoms with Crippen LogP contribution < -0.4 is 10.5 Å². The Morgan fingerprint density at radius 2 is 2.00 bits per heavy atom. The van der Waals surface area contributed by atoms with Crippen molar-refractivity contribution in [3.05, 3.63) is 35.9 Å². The maximum atomic E-state index is 6.92. The number of rotatable bonds is 3. The normalized spacial score (nSPS) is 10.5. The number of hydrogen-bond acceptors (Lipinski definition) is 1. The van der Waals surface area contributed by atoms with E-state index in [4.69, 9.17) is 10.5 Å². The van der Waals surface area contributed by atoms with Gasteiger partial charge in [-0.25, -0.2) is 0 Å². The van der Waals surface area contributed by atoms with Crippen LogP contribution in [-0.2, 0) is 0 Å². The van der Waals surface area contributed by atoms with Gasteiger partial charge in [0.05, 0.1) is 7.11 Å². The number of methoxy groups -OCH3 is 1. The van der Waals surface area contributed by atoms with Crippen LogP contribution in [0.4, 0.5) is 0 Å². The molecular formula is C10H12NO. The minimum atomic E-state index is 0.325. The van der Waals surface area contributed by atoms with E-state index in [-0.39, 0.29) is 0 Å². The van der Waals surface area contributed by atoms with Crippen molar-refractivity contribution in [2.24, 2.45) is 0 Å². The minimum absolute atomic E-state index is 0.325. The molecule has 0 aliphatic heterocycles. The fourth-order valence-electron chi connectivity index (χ4n) is 0.910. The van der Waals surface area contributed by atoms with Gasteiger partial charge in [0.25, 0.3) is 0 Å². The first-order chi connectivity index (χ1) is 5.86. The molecule has 1 radical (unpaired) electrons. The van der Waals surface area contributed by atoms with Gasteiger partial charge in [-0.1, -0.05) is 24.3 Å². The SMILES string of the molecule is COc1ccc(/C=C/C[NH])cc1. The monoisotopic (exact) mass is 162 g/mol. The number of hydrogen-bond donors (Lipinski definition) is 0. The lowest BCUT2D eigenvalue weighted by Crippen LogP contribution is -1.81. The highest BCUT2D eigenvalue weighted by atomic mass is 16.5. The highest BCUT2D eigenvalue weighted by molar-refractivity contribution is 5.50. The van der Waals surface area contributed by atoms with Gasteiger partial charge in [0, 0.05) is 6.54 Å². The van der Waals surface area contributed by atoms with E-state index in [0.29, 0.717) is 6.54 Å². The van der Waals surface area contributed by atoms with Crippen molar-refractivity contribution in [2.45, 2.75) is 0 Å². The number of nitrogens with one attached hydrogen (secondary N) is 1. The van der Waals surface area contributed by atoms with E-state index in [9.17, 15) is 0 Å². The zero-order chi connectivity index (χ0) is 8.81. The Kier molecular flexibility index (Phi) is 3.35. The van der Waals surface area contributed by atoms with Crippen molar-refractivity contribution in [2.75, 3.05) is 13.7 Å². The quantitative estimate of drug-likeness (QED) is 0.669. The van der Waals surface area contributed by atoms with Crippen LogP contribution in [0, 0.1) is 0 Å². The van der Waals surface area contributed by atoms with Crippen molar-refractivity contribution in [1.82, 2.24) is 5.73 Å². The second-order valence-corrected chi connectivity index (χ2v) is 2.38. The maximum absolute atomic E-state index is 6.92. The summed E-state index contributed by atoms with van der Waals surface area (Å²) >= 11 is 0. The molecule has 0 fully saturated rings. The Balaban J connectivity index is 2.71. The van der Waals surface area contributed by atoms with E-state index < -0.39 is 0 Å². The molecule has 0 heterocycles. The Morgan fingerprint density at radius 3 is 2.50 bits per heavy atom. The van der Waals surface area contributed by atoms with Crippen LogP contribution in [0.25, 0.3) is 6.08 Å². The third-order valence-electron chi connectivity index (χ3n) is 1.54. The van der Waals surface area contributed by atoms with Crippen molar-refractivity contribution in [1.29, 1.82) is 0 Å². The smallest absolute Gasteiger partial charge is 0.118 e. The summed E-state index contributed by atoms with van der Waals surface area (Å²) in [7, 11) is 1.65. The van der Waals surface area contributed by atoms with E-state index in [1.807, 2.05) is 36.4 Å². The van der Waals surface area contributed by atoms with Gasteiger partial charge in [0.2, 0.25) is 0 Å². The van der Waals surface area contributed by atoms with Gasteiger partial charge >= 0.3 is 0 Å². The first kappa shape index (κ1) is 8.81. The van der Waals surface area contributed by atoms with Crippen LogP contribution >= 0.6 is 0 Å². The van der Waals surface area contributed by atoms with E-state index in [1.54, 1.807) is 7.11 Å². The summed E-state index contributed by atoms with van der Waals surface area (Å²) in [5.41, 5.74) is 8.02. The fourth-order valence-corrected chi connectivity index (χ4v) is 0.910. The van der Waals surface area contributed by atoms with Crippen LogP contribution in [0.1, 0.15) is 5.56 Å². The third kappa shape index (κ3) is 2.40. The Morgan fingerprint density at radius 1 is 1.33 bits per heavy atom. The van der Waals surface area contributed by atoms with Gasteiger partial charge in [-0.3, -0.25) is 5.73 Å².